The first kappa shape index (κ1) is 12.9. The van der Waals surface area contributed by atoms with Gasteiger partial charge in [-0.2, -0.15) is 0 Å². The average Bonchev–Trinajstić information content (AvgIpc) is 2.32. The zero-order chi connectivity index (χ0) is 14.0. The second-order valence-electron chi connectivity index (χ2n) is 4.30. The molecule has 0 bridgehead atoms. The molecule has 1 aromatic heterocycles. The maximum Gasteiger partial charge on any atom is 0.341 e. The van der Waals surface area contributed by atoms with E-state index < -0.39 is 11.4 Å². The number of aromatic nitrogens is 1. The lowest BCUT2D eigenvalue weighted by Crippen LogP contribution is -2.19. The fourth-order valence-electron chi connectivity index (χ4n) is 1.85. The molecule has 0 amide bonds. The molecule has 5 nitrogen and oxygen atoms in total. The number of nitrogens with zero attached hydrogens (tertiary/aromatic N) is 1. The van der Waals surface area contributed by atoms with Gasteiger partial charge in [-0.1, -0.05) is 12.1 Å². The minimum atomic E-state index is -1.24. The highest BCUT2D eigenvalue weighted by atomic mass is 16.4. The van der Waals surface area contributed by atoms with Crippen LogP contribution in [0.4, 0.5) is 0 Å². The summed E-state index contributed by atoms with van der Waals surface area (Å²) in [5.41, 5.74) is 0.726. The predicted octanol–water partition coefficient (Wildman–Crippen LogP) is 1.61. The largest absolute Gasteiger partial charge is 0.508 e. The van der Waals surface area contributed by atoms with Gasteiger partial charge in [-0.25, -0.2) is 4.79 Å². The van der Waals surface area contributed by atoms with E-state index in [1.807, 2.05) is 6.07 Å². The Hall–Kier alpha value is -2.56. The van der Waals surface area contributed by atoms with Gasteiger partial charge < -0.3 is 14.8 Å². The van der Waals surface area contributed by atoms with Crippen molar-refractivity contribution in [1.29, 1.82) is 0 Å². The summed E-state index contributed by atoms with van der Waals surface area (Å²) in [5.74, 6) is -1.09. The number of aryl methyl sites for hydroxylation is 1. The molecule has 0 aliphatic heterocycles. The van der Waals surface area contributed by atoms with Crippen LogP contribution in [0.3, 0.4) is 0 Å². The number of phenols is 1. The summed E-state index contributed by atoms with van der Waals surface area (Å²) in [6, 6.07) is 7.98. The molecule has 2 N–H and O–H groups in total. The van der Waals surface area contributed by atoms with Gasteiger partial charge in [0.1, 0.15) is 11.3 Å². The Morgan fingerprint density at radius 3 is 2.68 bits per heavy atom. The topological polar surface area (TPSA) is 79.5 Å². The molecule has 0 atom stereocenters. The number of phenolic OH excluding ortho intramolecular Hbond substituents is 1. The van der Waals surface area contributed by atoms with Crippen LogP contribution >= 0.6 is 0 Å². The van der Waals surface area contributed by atoms with E-state index in [4.69, 9.17) is 5.11 Å². The van der Waals surface area contributed by atoms with E-state index >= 15 is 0 Å². The van der Waals surface area contributed by atoms with Crippen molar-refractivity contribution in [1.82, 2.24) is 4.57 Å². The molecule has 0 saturated heterocycles. The van der Waals surface area contributed by atoms with Crippen molar-refractivity contribution in [3.63, 3.8) is 0 Å². The maximum absolute atomic E-state index is 11.5. The minimum Gasteiger partial charge on any atom is -0.508 e. The molecule has 5 heteroatoms. The summed E-state index contributed by atoms with van der Waals surface area (Å²) >= 11 is 0. The number of rotatable bonds is 3. The second kappa shape index (κ2) is 4.97. The number of pyridine rings is 1. The third-order valence-corrected chi connectivity index (χ3v) is 2.84. The van der Waals surface area contributed by atoms with Crippen LogP contribution in [0.15, 0.2) is 41.3 Å². The fourth-order valence-corrected chi connectivity index (χ4v) is 1.85. The summed E-state index contributed by atoms with van der Waals surface area (Å²) < 4.78 is 1.67. The molecule has 19 heavy (non-hydrogen) atoms. The van der Waals surface area contributed by atoms with Gasteiger partial charge in [0.15, 0.2) is 5.43 Å². The number of carbonyl (C=O) groups is 1. The smallest absolute Gasteiger partial charge is 0.341 e. The number of benzene rings is 1. The Bertz CT molecular complexity index is 688. The van der Waals surface area contributed by atoms with Crippen molar-refractivity contribution in [3.05, 3.63) is 63.6 Å². The van der Waals surface area contributed by atoms with E-state index in [-0.39, 0.29) is 11.3 Å². The highest BCUT2D eigenvalue weighted by Gasteiger charge is 2.10. The Morgan fingerprint density at radius 1 is 1.32 bits per heavy atom. The first-order valence-electron chi connectivity index (χ1n) is 5.69. The van der Waals surface area contributed by atoms with Gasteiger partial charge >= 0.3 is 5.97 Å². The number of carboxylic acid groups (broad SMARTS) is 1. The predicted molar refractivity (Wildman–Crippen MR) is 69.6 cm³/mol. The van der Waals surface area contributed by atoms with E-state index in [2.05, 4.69) is 0 Å². The van der Waals surface area contributed by atoms with Gasteiger partial charge in [0, 0.05) is 24.5 Å². The lowest BCUT2D eigenvalue weighted by atomic mass is 10.2. The molecule has 2 rings (SSSR count). The van der Waals surface area contributed by atoms with Crippen molar-refractivity contribution < 1.29 is 15.0 Å². The summed E-state index contributed by atoms with van der Waals surface area (Å²) in [6.45, 7) is 2.12. The van der Waals surface area contributed by atoms with Crippen molar-refractivity contribution in [3.8, 4) is 5.75 Å². The van der Waals surface area contributed by atoms with Crippen LogP contribution < -0.4 is 5.43 Å². The zero-order valence-electron chi connectivity index (χ0n) is 10.3. The summed E-state index contributed by atoms with van der Waals surface area (Å²) in [4.78, 5) is 22.4. The van der Waals surface area contributed by atoms with Crippen LogP contribution in [0.5, 0.6) is 5.75 Å². The molecule has 0 fully saturated rings. The third kappa shape index (κ3) is 2.82. The Kier molecular flexibility index (Phi) is 3.37. The average molecular weight is 259 g/mol. The number of carboxylic acids is 1. The molecule has 0 spiro atoms. The molecule has 98 valence electrons. The first-order chi connectivity index (χ1) is 8.97. The normalized spacial score (nSPS) is 10.4. The molecule has 0 aliphatic carbocycles. The van der Waals surface area contributed by atoms with Gasteiger partial charge in [-0.3, -0.25) is 4.79 Å². The number of aromatic carboxylic acids is 1. The third-order valence-electron chi connectivity index (χ3n) is 2.84. The van der Waals surface area contributed by atoms with Crippen LogP contribution in [0.1, 0.15) is 21.6 Å². The summed E-state index contributed by atoms with van der Waals surface area (Å²) in [5, 5.41) is 18.3. The van der Waals surface area contributed by atoms with Crippen LogP contribution in [0, 0.1) is 6.92 Å². The van der Waals surface area contributed by atoms with Crippen molar-refractivity contribution in [2.45, 2.75) is 13.5 Å². The first-order valence-corrected chi connectivity index (χ1v) is 5.69. The fraction of sp³-hybridized carbons (Fsp3) is 0.143. The lowest BCUT2D eigenvalue weighted by Gasteiger charge is -2.11. The quantitative estimate of drug-likeness (QED) is 0.877. The Morgan fingerprint density at radius 2 is 2.05 bits per heavy atom. The maximum atomic E-state index is 11.5. The van der Waals surface area contributed by atoms with E-state index in [1.54, 1.807) is 29.7 Å². The second-order valence-corrected chi connectivity index (χ2v) is 4.30. The molecular weight excluding hydrogens is 246 g/mol. The van der Waals surface area contributed by atoms with Crippen molar-refractivity contribution in [2.24, 2.45) is 0 Å². The van der Waals surface area contributed by atoms with Gasteiger partial charge in [-0.15, -0.1) is 0 Å². The van der Waals surface area contributed by atoms with Gasteiger partial charge in [0.05, 0.1) is 0 Å². The molecule has 1 aromatic carbocycles. The monoisotopic (exact) mass is 259 g/mol. The van der Waals surface area contributed by atoms with Crippen LogP contribution in [-0.2, 0) is 6.54 Å². The Labute approximate surface area is 109 Å². The van der Waals surface area contributed by atoms with E-state index in [0.29, 0.717) is 12.2 Å². The van der Waals surface area contributed by atoms with Crippen molar-refractivity contribution in [2.75, 3.05) is 0 Å². The minimum absolute atomic E-state index is 0.148. The Balaban J connectivity index is 2.43. The van der Waals surface area contributed by atoms with E-state index in [0.717, 1.165) is 5.56 Å². The highest BCUT2D eigenvalue weighted by Crippen LogP contribution is 2.13. The van der Waals surface area contributed by atoms with Gasteiger partial charge in [0.2, 0.25) is 0 Å². The van der Waals surface area contributed by atoms with Gasteiger partial charge in [-0.05, 0) is 24.6 Å². The molecule has 0 aliphatic rings. The highest BCUT2D eigenvalue weighted by molar-refractivity contribution is 5.87. The summed E-state index contributed by atoms with van der Waals surface area (Å²) in [7, 11) is 0. The molecule has 2 aromatic rings. The van der Waals surface area contributed by atoms with Crippen LogP contribution in [0.2, 0.25) is 0 Å². The zero-order valence-corrected chi connectivity index (χ0v) is 10.3. The molecule has 0 radical (unpaired) electrons. The van der Waals surface area contributed by atoms with Crippen molar-refractivity contribution >= 4 is 5.97 Å². The number of hydrogen-bond acceptors (Lipinski definition) is 3. The SMILES string of the molecule is Cc1cc(=O)c(C(=O)O)cn1Cc1cccc(O)c1. The standard InChI is InChI=1S/C14H13NO4/c1-9-5-13(17)12(14(18)19)8-15(9)7-10-3-2-4-11(16)6-10/h2-6,8,16H,7H2,1H3,(H,18,19). The number of hydrogen-bond donors (Lipinski definition) is 2. The molecule has 0 unspecified atom stereocenters. The number of aromatic hydroxyl groups is 1. The molecule has 0 saturated carbocycles. The van der Waals surface area contributed by atoms with E-state index in [9.17, 15) is 14.7 Å². The van der Waals surface area contributed by atoms with Gasteiger partial charge in [0.25, 0.3) is 0 Å². The van der Waals surface area contributed by atoms with E-state index in [1.165, 1.54) is 12.3 Å². The van der Waals surface area contributed by atoms with Crippen LogP contribution in [0.25, 0.3) is 0 Å². The lowest BCUT2D eigenvalue weighted by molar-refractivity contribution is 0.0694. The summed E-state index contributed by atoms with van der Waals surface area (Å²) in [6.07, 6.45) is 1.32. The van der Waals surface area contributed by atoms with Crippen LogP contribution in [-0.4, -0.2) is 20.7 Å². The molecule has 1 heterocycles. The molecular formula is C14H13NO4.